The van der Waals surface area contributed by atoms with Crippen LogP contribution in [0.2, 0.25) is 5.02 Å². The van der Waals surface area contributed by atoms with Crippen LogP contribution in [-0.2, 0) is 73.5 Å². The molecule has 3 aromatic carbocycles. The number of nitrogens with one attached hydrogen (secondary N) is 4. The highest BCUT2D eigenvalue weighted by molar-refractivity contribution is 6.31. The Morgan fingerprint density at radius 3 is 2.14 bits per heavy atom. The largest absolute Gasteiger partial charge is 0.383 e. The van der Waals surface area contributed by atoms with Gasteiger partial charge in [-0.25, -0.2) is 19.4 Å². The van der Waals surface area contributed by atoms with Crippen molar-refractivity contribution in [3.05, 3.63) is 117 Å². The summed E-state index contributed by atoms with van der Waals surface area (Å²) in [4.78, 5) is 105. The van der Waals surface area contributed by atoms with Gasteiger partial charge in [-0.3, -0.25) is 34.1 Å². The zero-order valence-corrected chi connectivity index (χ0v) is 56.8. The van der Waals surface area contributed by atoms with Crippen LogP contribution in [0.15, 0.2) is 67.0 Å². The number of ether oxygens (including phenoxy) is 6. The van der Waals surface area contributed by atoms with Gasteiger partial charge in [0.25, 0.3) is 11.8 Å². The number of piperidine rings is 2. The van der Waals surface area contributed by atoms with E-state index in [0.29, 0.717) is 145 Å². The first-order valence-electron chi connectivity index (χ1n) is 33.2. The lowest BCUT2D eigenvalue weighted by Crippen LogP contribution is -2.52. The first kappa shape index (κ1) is 73.9. The Morgan fingerprint density at radius 2 is 1.44 bits per heavy atom. The smallest absolute Gasteiger partial charge is 0.319 e. The van der Waals surface area contributed by atoms with E-state index in [1.165, 1.54) is 11.2 Å². The second kappa shape index (κ2) is 38.1. The minimum absolute atomic E-state index is 0.0144. The number of aromatic nitrogens is 4. The van der Waals surface area contributed by atoms with E-state index >= 15 is 0 Å². The number of hydrogen-bond acceptors (Lipinski definition) is 18. The normalized spacial score (nSPS) is 15.6. The van der Waals surface area contributed by atoms with E-state index in [1.54, 1.807) is 58.9 Å². The predicted octanol–water partition coefficient (Wildman–Crippen LogP) is 6.98. The Kier molecular flexibility index (Phi) is 29.3. The molecule has 27 heteroatoms. The zero-order chi connectivity index (χ0) is 68.3. The fraction of sp³-hybridized carbons (Fsp3) is 0.536. The number of hydrogen-bond donors (Lipinski definition) is 5. The molecule has 0 spiro atoms. The Hall–Kier alpha value is -7.95. The van der Waals surface area contributed by atoms with Gasteiger partial charge in [-0.05, 0) is 123 Å². The van der Waals surface area contributed by atoms with Crippen LogP contribution < -0.4 is 27.0 Å². The number of fused-ring (bicyclic) bond motifs is 2. The average molecular weight is 1350 g/mol. The number of likely N-dealkylation sites (N-methyl/N-ethyl adjacent to an activating group) is 2. The topological polar surface area (TPSA) is 306 Å². The number of carbonyl (C=O) groups is 7. The van der Waals surface area contributed by atoms with Crippen molar-refractivity contribution >= 4 is 81.3 Å². The van der Waals surface area contributed by atoms with Crippen molar-refractivity contribution in [1.82, 2.24) is 50.0 Å². The number of urea groups is 1. The first-order valence-corrected chi connectivity index (χ1v) is 33.6. The van der Waals surface area contributed by atoms with E-state index in [9.17, 15) is 33.6 Å². The van der Waals surface area contributed by atoms with Crippen molar-refractivity contribution in [2.75, 3.05) is 143 Å². The third-order valence-corrected chi connectivity index (χ3v) is 17.4. The van der Waals surface area contributed by atoms with Crippen LogP contribution in [0.25, 0.3) is 11.0 Å². The van der Waals surface area contributed by atoms with Gasteiger partial charge in [-0.15, -0.1) is 0 Å². The highest BCUT2D eigenvalue weighted by Crippen LogP contribution is 2.32. The lowest BCUT2D eigenvalue weighted by Gasteiger charge is -2.32. The van der Waals surface area contributed by atoms with Crippen molar-refractivity contribution in [3.8, 4) is 0 Å². The number of imide groups is 1. The van der Waals surface area contributed by atoms with E-state index in [0.717, 1.165) is 91.2 Å². The highest BCUT2D eigenvalue weighted by atomic mass is 35.5. The molecule has 0 aliphatic carbocycles. The number of nitrogen functional groups attached to an aromatic ring is 1. The molecule has 2 atom stereocenters. The molecule has 2 unspecified atom stereocenters. The molecule has 3 aliphatic rings. The van der Waals surface area contributed by atoms with Crippen LogP contribution in [0.1, 0.15) is 124 Å². The lowest BCUT2D eigenvalue weighted by atomic mass is 9.98. The summed E-state index contributed by atoms with van der Waals surface area (Å²) in [6.07, 6.45) is 14.3. The minimum atomic E-state index is -0.683. The summed E-state index contributed by atoms with van der Waals surface area (Å²) in [6.45, 7) is 12.5. The van der Waals surface area contributed by atoms with Crippen LogP contribution in [0.5, 0.6) is 0 Å². The summed E-state index contributed by atoms with van der Waals surface area (Å²) in [6, 6.07) is 13.3. The van der Waals surface area contributed by atoms with Gasteiger partial charge in [0, 0.05) is 94.4 Å². The third-order valence-electron chi connectivity index (χ3n) is 17.2. The summed E-state index contributed by atoms with van der Waals surface area (Å²) in [5.74, 6) is -1.48. The van der Waals surface area contributed by atoms with Crippen molar-refractivity contribution in [1.29, 1.82) is 0 Å². The Labute approximate surface area is 566 Å². The Bertz CT molecular complexity index is 3490. The number of likely N-dealkylation sites (tertiary alicyclic amines) is 1. The molecular formula is C69H94ClN13O13. The highest BCUT2D eigenvalue weighted by Gasteiger charge is 2.39. The molecule has 3 aliphatic heterocycles. The Balaban J connectivity index is 0.568. The molecule has 2 saturated heterocycles. The molecule has 6 N–H and O–H groups in total. The molecule has 8 rings (SSSR count). The standard InChI is InChI=1S/C69H94ClN13O13/c1-47-48(2)57(20-18-51(47)41-61(86)79(3)4)76-67(88)63-62-64(71)73-46-74-65(62)83(78-63)55-15-12-24-81(45-55)60(85)16-13-23-80(5)25-27-92-29-31-94-33-35-96-37-36-95-34-32-93-30-28-91-26-11-9-7-6-8-10-14-49-39-53(70)42-54(40-49)75-69(90)72-43-50-17-19-56-52(38-50)44-82(68(56)89)58-21-22-59(84)77-66(58)87/h13,16-20,38-40,42,46,55,58H,6-12,14-15,21-37,41,43-45H2,1-5H3,(H,76,88)(H2,71,73,74)(H2,72,75,90)(H,77,84,87)/b16-13+. The van der Waals surface area contributed by atoms with E-state index in [4.69, 9.17) is 50.9 Å². The van der Waals surface area contributed by atoms with Crippen molar-refractivity contribution in [3.63, 3.8) is 0 Å². The minimum Gasteiger partial charge on any atom is -0.383 e. The maximum absolute atomic E-state index is 13.9. The van der Waals surface area contributed by atoms with E-state index in [-0.39, 0.29) is 73.1 Å². The fourth-order valence-electron chi connectivity index (χ4n) is 11.6. The van der Waals surface area contributed by atoms with Crippen LogP contribution in [0.3, 0.4) is 0 Å². The number of benzene rings is 3. The van der Waals surface area contributed by atoms with Crippen molar-refractivity contribution < 1.29 is 62.0 Å². The van der Waals surface area contributed by atoms with Crippen LogP contribution >= 0.6 is 11.6 Å². The van der Waals surface area contributed by atoms with Crippen LogP contribution in [0, 0.1) is 13.8 Å². The third kappa shape index (κ3) is 22.3. The van der Waals surface area contributed by atoms with Crippen molar-refractivity contribution in [2.45, 2.75) is 116 Å². The zero-order valence-electron chi connectivity index (χ0n) is 56.1. The lowest BCUT2D eigenvalue weighted by molar-refractivity contribution is -0.137. The maximum atomic E-state index is 13.9. The molecule has 0 bridgehead atoms. The molecule has 5 aromatic rings. The molecule has 0 saturated carbocycles. The molecule has 26 nitrogen and oxygen atoms in total. The van der Waals surface area contributed by atoms with Crippen LogP contribution in [-0.4, -0.2) is 213 Å². The first-order chi connectivity index (χ1) is 46.4. The number of nitrogens with zero attached hydrogens (tertiary/aromatic N) is 8. The molecular weight excluding hydrogens is 1250 g/mol. The van der Waals surface area contributed by atoms with Gasteiger partial charge in [-0.1, -0.05) is 61.6 Å². The van der Waals surface area contributed by atoms with Gasteiger partial charge < -0.3 is 69.7 Å². The van der Waals surface area contributed by atoms with E-state index < -0.39 is 17.9 Å². The second-order valence-corrected chi connectivity index (χ2v) is 25.0. The summed E-state index contributed by atoms with van der Waals surface area (Å²) in [5.41, 5.74) is 13.8. The number of carbonyl (C=O) groups excluding carboxylic acids is 7. The van der Waals surface area contributed by atoms with Gasteiger partial charge >= 0.3 is 6.03 Å². The summed E-state index contributed by atoms with van der Waals surface area (Å²) >= 11 is 6.43. The average Bonchev–Trinajstić information content (AvgIpc) is 1.62. The molecule has 8 amide bonds. The molecule has 0 radical (unpaired) electrons. The number of amides is 8. The molecule has 96 heavy (non-hydrogen) atoms. The SMILES string of the molecule is Cc1c(CC(=O)N(C)C)ccc(NC(=O)c2nn(C3CCCN(C(=O)/C=C/CN(C)CCOCCOCCOCCOCCOCCOCCCCCCCCc4cc(Cl)cc(NC(=O)NCc5ccc6c(c5)CN(C5CCC(=O)NC5=O)C6=O)c4)C3)c3ncnc(N)c23)c1C. The van der Waals surface area contributed by atoms with Gasteiger partial charge in [0.15, 0.2) is 11.3 Å². The molecule has 2 fully saturated rings. The summed E-state index contributed by atoms with van der Waals surface area (Å²) < 4.78 is 35.7. The molecule has 5 heterocycles. The van der Waals surface area contributed by atoms with Gasteiger partial charge in [-0.2, -0.15) is 5.10 Å². The Morgan fingerprint density at radius 1 is 0.760 bits per heavy atom. The maximum Gasteiger partial charge on any atom is 0.319 e. The van der Waals surface area contributed by atoms with Crippen LogP contribution in [0.4, 0.5) is 22.0 Å². The second-order valence-electron chi connectivity index (χ2n) is 24.5. The van der Waals surface area contributed by atoms with Gasteiger partial charge in [0.1, 0.15) is 18.2 Å². The van der Waals surface area contributed by atoms with E-state index in [1.807, 2.05) is 51.2 Å². The van der Waals surface area contributed by atoms with Gasteiger partial charge in [0.05, 0.1) is 90.5 Å². The monoisotopic (exact) mass is 1350 g/mol. The quantitative estimate of drug-likeness (QED) is 0.0151. The van der Waals surface area contributed by atoms with Gasteiger partial charge in [0.2, 0.25) is 23.6 Å². The van der Waals surface area contributed by atoms with E-state index in [2.05, 4.69) is 36.1 Å². The molecule has 2 aromatic heterocycles. The fourth-order valence-corrected chi connectivity index (χ4v) is 11.9. The number of unbranched alkanes of at least 4 members (excludes halogenated alkanes) is 5. The number of halogens is 1. The number of anilines is 3. The molecule has 520 valence electrons. The van der Waals surface area contributed by atoms with Crippen molar-refractivity contribution in [2.24, 2.45) is 0 Å². The summed E-state index contributed by atoms with van der Waals surface area (Å²) in [7, 11) is 5.41. The number of rotatable bonds is 39. The number of nitrogens with two attached hydrogens (primary N) is 1. The predicted molar refractivity (Wildman–Crippen MR) is 364 cm³/mol. The summed E-state index contributed by atoms with van der Waals surface area (Å²) in [5, 5.41) is 16.7. The number of aryl methyl sites for hydroxylation is 1.